The van der Waals surface area contributed by atoms with Crippen LogP contribution in [0.25, 0.3) is 10.2 Å². The van der Waals surface area contributed by atoms with Crippen LogP contribution in [0.3, 0.4) is 0 Å². The van der Waals surface area contributed by atoms with E-state index in [-0.39, 0.29) is 5.91 Å². The first-order valence-corrected chi connectivity index (χ1v) is 13.4. The van der Waals surface area contributed by atoms with Gasteiger partial charge in [-0.1, -0.05) is 31.9 Å². The molecule has 5 rings (SSSR count). The highest BCUT2D eigenvalue weighted by Crippen LogP contribution is 2.40. The maximum absolute atomic E-state index is 13.0. The Morgan fingerprint density at radius 1 is 1.06 bits per heavy atom. The third-order valence-corrected chi connectivity index (χ3v) is 8.51. The van der Waals surface area contributed by atoms with Gasteiger partial charge in [-0.3, -0.25) is 4.79 Å². The van der Waals surface area contributed by atoms with Crippen LogP contribution in [0.5, 0.6) is 0 Å². The van der Waals surface area contributed by atoms with Gasteiger partial charge >= 0.3 is 0 Å². The summed E-state index contributed by atoms with van der Waals surface area (Å²) in [5, 5.41) is 1.93. The van der Waals surface area contributed by atoms with Gasteiger partial charge in [0.25, 0.3) is 5.91 Å². The van der Waals surface area contributed by atoms with Crippen LogP contribution in [0.4, 0.5) is 5.82 Å². The van der Waals surface area contributed by atoms with Crippen molar-refractivity contribution in [1.29, 1.82) is 0 Å². The van der Waals surface area contributed by atoms with E-state index in [0.29, 0.717) is 29.6 Å². The Morgan fingerprint density at radius 2 is 1.79 bits per heavy atom. The SMILES string of the molecule is CCC(C)c1nc(N2CCN(C(=O)c3ccc(Cl)cc3)CC2)c2c3c(sc2n1)CCCCC3. The van der Waals surface area contributed by atoms with Gasteiger partial charge in [-0.2, -0.15) is 0 Å². The van der Waals surface area contributed by atoms with E-state index < -0.39 is 0 Å². The molecule has 1 aliphatic carbocycles. The molecule has 1 amide bonds. The fraction of sp³-hybridized carbons (Fsp3) is 0.500. The van der Waals surface area contributed by atoms with Crippen molar-refractivity contribution in [1.82, 2.24) is 14.9 Å². The van der Waals surface area contributed by atoms with E-state index in [0.717, 1.165) is 48.8 Å². The number of thiophene rings is 1. The number of benzene rings is 1. The number of halogens is 1. The number of fused-ring (bicyclic) bond motifs is 3. The van der Waals surface area contributed by atoms with Crippen LogP contribution < -0.4 is 4.90 Å². The average molecular weight is 483 g/mol. The molecule has 2 aromatic heterocycles. The number of anilines is 1. The summed E-state index contributed by atoms with van der Waals surface area (Å²) >= 11 is 7.87. The molecule has 0 spiro atoms. The van der Waals surface area contributed by atoms with Gasteiger partial charge in [0, 0.05) is 47.6 Å². The largest absolute Gasteiger partial charge is 0.352 e. The van der Waals surface area contributed by atoms with Crippen molar-refractivity contribution >= 4 is 44.9 Å². The van der Waals surface area contributed by atoms with Crippen LogP contribution in [0.1, 0.15) is 72.1 Å². The zero-order valence-corrected chi connectivity index (χ0v) is 21.0. The Hall–Kier alpha value is -2.18. The number of aryl methyl sites for hydroxylation is 2. The molecule has 3 heterocycles. The molecule has 1 fully saturated rings. The van der Waals surface area contributed by atoms with Gasteiger partial charge in [-0.15, -0.1) is 11.3 Å². The van der Waals surface area contributed by atoms with E-state index in [1.807, 2.05) is 28.4 Å². The van der Waals surface area contributed by atoms with E-state index in [1.54, 1.807) is 12.1 Å². The molecule has 5 nitrogen and oxygen atoms in total. The van der Waals surface area contributed by atoms with Crippen LogP contribution in [-0.4, -0.2) is 47.0 Å². The molecule has 1 atom stereocenters. The molecule has 0 radical (unpaired) electrons. The maximum atomic E-state index is 13.0. The van der Waals surface area contributed by atoms with Crippen molar-refractivity contribution in [2.24, 2.45) is 0 Å². The van der Waals surface area contributed by atoms with Crippen molar-refractivity contribution < 1.29 is 4.79 Å². The number of carbonyl (C=O) groups is 1. The molecule has 2 aliphatic rings. The number of piperazine rings is 1. The molecule has 0 bridgehead atoms. The van der Waals surface area contributed by atoms with Gasteiger partial charge in [0.15, 0.2) is 0 Å². The van der Waals surface area contributed by atoms with Crippen LogP contribution >= 0.6 is 22.9 Å². The van der Waals surface area contributed by atoms with Gasteiger partial charge in [0.05, 0.1) is 5.39 Å². The number of hydrogen-bond donors (Lipinski definition) is 0. The fourth-order valence-electron chi connectivity index (χ4n) is 4.86. The summed E-state index contributed by atoms with van der Waals surface area (Å²) in [4.78, 5) is 30.2. The lowest BCUT2D eigenvalue weighted by Gasteiger charge is -2.36. The summed E-state index contributed by atoms with van der Waals surface area (Å²) in [7, 11) is 0. The fourth-order valence-corrected chi connectivity index (χ4v) is 6.25. The second kappa shape index (κ2) is 9.59. The van der Waals surface area contributed by atoms with E-state index in [9.17, 15) is 4.79 Å². The summed E-state index contributed by atoms with van der Waals surface area (Å²) in [5.41, 5.74) is 2.18. The van der Waals surface area contributed by atoms with Crippen molar-refractivity contribution in [3.05, 3.63) is 51.1 Å². The number of hydrogen-bond acceptors (Lipinski definition) is 5. The van der Waals surface area contributed by atoms with Crippen LogP contribution in [-0.2, 0) is 12.8 Å². The first-order chi connectivity index (χ1) is 16.0. The molecule has 1 aliphatic heterocycles. The molecule has 33 heavy (non-hydrogen) atoms. The van der Waals surface area contributed by atoms with Gasteiger partial charge in [-0.05, 0) is 61.9 Å². The smallest absolute Gasteiger partial charge is 0.253 e. The Labute approximate surface area is 204 Å². The summed E-state index contributed by atoms with van der Waals surface area (Å²) in [6, 6.07) is 7.18. The zero-order valence-electron chi connectivity index (χ0n) is 19.4. The normalized spacial score (nSPS) is 17.7. The van der Waals surface area contributed by atoms with Gasteiger partial charge < -0.3 is 9.80 Å². The first-order valence-electron chi connectivity index (χ1n) is 12.2. The van der Waals surface area contributed by atoms with Crippen molar-refractivity contribution in [2.45, 2.75) is 58.3 Å². The highest BCUT2D eigenvalue weighted by Gasteiger charge is 2.28. The Bertz CT molecular complexity index is 1150. The third kappa shape index (κ3) is 4.47. The van der Waals surface area contributed by atoms with Crippen LogP contribution in [0.2, 0.25) is 5.02 Å². The number of carbonyl (C=O) groups excluding carboxylic acids is 1. The molecular formula is C26H31ClN4OS. The monoisotopic (exact) mass is 482 g/mol. The summed E-state index contributed by atoms with van der Waals surface area (Å²) in [6.07, 6.45) is 7.14. The predicted octanol–water partition coefficient (Wildman–Crippen LogP) is 6.09. The number of aromatic nitrogens is 2. The molecular weight excluding hydrogens is 452 g/mol. The van der Waals surface area contributed by atoms with Gasteiger partial charge in [0.1, 0.15) is 16.5 Å². The van der Waals surface area contributed by atoms with Crippen LogP contribution in [0.15, 0.2) is 24.3 Å². The lowest BCUT2D eigenvalue weighted by atomic mass is 10.1. The molecule has 1 aromatic carbocycles. The van der Waals surface area contributed by atoms with Crippen molar-refractivity contribution in [2.75, 3.05) is 31.1 Å². The first kappa shape index (κ1) is 22.6. The molecule has 1 unspecified atom stereocenters. The molecule has 3 aromatic rings. The maximum Gasteiger partial charge on any atom is 0.253 e. The second-order valence-corrected chi connectivity index (χ2v) is 10.8. The molecule has 0 N–H and O–H groups in total. The van der Waals surface area contributed by atoms with Gasteiger partial charge in [0.2, 0.25) is 0 Å². The lowest BCUT2D eigenvalue weighted by Crippen LogP contribution is -2.49. The van der Waals surface area contributed by atoms with E-state index >= 15 is 0 Å². The minimum absolute atomic E-state index is 0.0730. The Morgan fingerprint density at radius 3 is 2.52 bits per heavy atom. The summed E-state index contributed by atoms with van der Waals surface area (Å²) < 4.78 is 0. The summed E-state index contributed by atoms with van der Waals surface area (Å²) in [5.74, 6) is 2.45. The number of nitrogens with zero attached hydrogens (tertiary/aromatic N) is 4. The molecule has 0 saturated carbocycles. The van der Waals surface area contributed by atoms with E-state index in [1.165, 1.54) is 35.1 Å². The summed E-state index contributed by atoms with van der Waals surface area (Å²) in [6.45, 7) is 7.37. The average Bonchev–Trinajstić information content (AvgIpc) is 3.03. The van der Waals surface area contributed by atoms with Gasteiger partial charge in [-0.25, -0.2) is 9.97 Å². The minimum atomic E-state index is 0.0730. The molecule has 1 saturated heterocycles. The highest BCUT2D eigenvalue weighted by molar-refractivity contribution is 7.19. The minimum Gasteiger partial charge on any atom is -0.352 e. The lowest BCUT2D eigenvalue weighted by molar-refractivity contribution is 0.0746. The standard InChI is InChI=1S/C26H31ClN4OS/c1-3-17(2)23-28-24(22-20-7-5-4-6-8-21(20)33-25(22)29-23)30-13-15-31(16-14-30)26(32)18-9-11-19(27)12-10-18/h9-12,17H,3-8,13-16H2,1-2H3. The molecule has 174 valence electrons. The molecule has 7 heteroatoms. The van der Waals surface area contributed by atoms with Crippen LogP contribution in [0, 0.1) is 0 Å². The quantitative estimate of drug-likeness (QED) is 0.422. The zero-order chi connectivity index (χ0) is 22.9. The van der Waals surface area contributed by atoms with E-state index in [2.05, 4.69) is 18.7 Å². The Kier molecular flexibility index (Phi) is 6.57. The number of amides is 1. The van der Waals surface area contributed by atoms with Crippen molar-refractivity contribution in [3.8, 4) is 0 Å². The topological polar surface area (TPSA) is 49.3 Å². The third-order valence-electron chi connectivity index (χ3n) is 7.07. The number of rotatable bonds is 4. The highest BCUT2D eigenvalue weighted by atomic mass is 35.5. The predicted molar refractivity (Wildman–Crippen MR) is 137 cm³/mol. The second-order valence-electron chi connectivity index (χ2n) is 9.25. The Balaban J connectivity index is 1.44. The van der Waals surface area contributed by atoms with E-state index in [4.69, 9.17) is 21.6 Å². The van der Waals surface area contributed by atoms with Crippen molar-refractivity contribution in [3.63, 3.8) is 0 Å².